The number of carbonyl (C=O) groups excluding carboxylic acids is 2. The minimum Gasteiger partial charge on any atom is -0.348 e. The Labute approximate surface area is 176 Å². The molecule has 4 atom stereocenters. The van der Waals surface area contributed by atoms with Crippen LogP contribution >= 0.6 is 11.8 Å². The minimum atomic E-state index is -1.05. The Balaban J connectivity index is 1.55. The van der Waals surface area contributed by atoms with E-state index in [-0.39, 0.29) is 23.7 Å². The molecule has 1 aliphatic rings. The Hall–Kier alpha value is -2.19. The lowest BCUT2D eigenvalue weighted by atomic mass is 10.1. The van der Waals surface area contributed by atoms with Gasteiger partial charge in [-0.15, -0.1) is 11.8 Å². The first-order chi connectivity index (χ1) is 13.8. The number of halogens is 1. The van der Waals surface area contributed by atoms with Crippen molar-refractivity contribution in [2.24, 2.45) is 0 Å². The fourth-order valence-corrected chi connectivity index (χ4v) is 4.79. The first-order valence-corrected chi connectivity index (χ1v) is 11.8. The summed E-state index contributed by atoms with van der Waals surface area (Å²) in [4.78, 5) is 25.7. The standard InChI is InChI=1S/C21H23FN2O3S2/c1-13(14-7-9-16(10-8-14)29(2)27)23-20(25)18-12-28-19(21(26)24-18)11-15-5-3-4-6-17(15)22/h3-10,13,18-19H,11-12H2,1-2H3,(H,23,25)(H,24,26)/t13-,18-,19+,29-/m0/s1. The molecule has 2 aromatic rings. The van der Waals surface area contributed by atoms with Crippen molar-refractivity contribution in [2.45, 2.75) is 35.6 Å². The second-order valence-corrected chi connectivity index (χ2v) is 9.55. The van der Waals surface area contributed by atoms with Gasteiger partial charge in [0.1, 0.15) is 11.9 Å². The number of hydrogen-bond donors (Lipinski definition) is 2. The van der Waals surface area contributed by atoms with Crippen molar-refractivity contribution < 1.29 is 18.2 Å². The van der Waals surface area contributed by atoms with E-state index >= 15 is 0 Å². The highest BCUT2D eigenvalue weighted by Crippen LogP contribution is 2.24. The van der Waals surface area contributed by atoms with Crippen molar-refractivity contribution in [3.8, 4) is 0 Å². The van der Waals surface area contributed by atoms with Crippen molar-refractivity contribution in [1.82, 2.24) is 10.6 Å². The lowest BCUT2D eigenvalue weighted by Crippen LogP contribution is -2.54. The number of amides is 2. The number of hydrogen-bond acceptors (Lipinski definition) is 4. The Morgan fingerprint density at radius 2 is 1.97 bits per heavy atom. The summed E-state index contributed by atoms with van der Waals surface area (Å²) in [5.74, 6) is -0.414. The second-order valence-electron chi connectivity index (χ2n) is 6.93. The molecule has 1 saturated heterocycles. The fourth-order valence-electron chi connectivity index (χ4n) is 3.10. The number of nitrogens with one attached hydrogen (secondary N) is 2. The summed E-state index contributed by atoms with van der Waals surface area (Å²) in [6.45, 7) is 1.86. The van der Waals surface area contributed by atoms with Crippen LogP contribution in [-0.4, -0.2) is 39.3 Å². The van der Waals surface area contributed by atoms with Gasteiger partial charge in [-0.25, -0.2) is 4.39 Å². The predicted octanol–water partition coefficient (Wildman–Crippen LogP) is 2.58. The van der Waals surface area contributed by atoms with Crippen molar-refractivity contribution in [3.63, 3.8) is 0 Å². The van der Waals surface area contributed by atoms with Crippen LogP contribution in [0.25, 0.3) is 0 Å². The van der Waals surface area contributed by atoms with Gasteiger partial charge in [0.15, 0.2) is 0 Å². The second kappa shape index (κ2) is 9.54. The Morgan fingerprint density at radius 1 is 1.28 bits per heavy atom. The van der Waals surface area contributed by atoms with Crippen LogP contribution in [0.5, 0.6) is 0 Å². The summed E-state index contributed by atoms with van der Waals surface area (Å²) < 4.78 is 25.3. The quantitative estimate of drug-likeness (QED) is 0.733. The third kappa shape index (κ3) is 5.45. The zero-order chi connectivity index (χ0) is 21.0. The number of thioether (sulfide) groups is 1. The maximum Gasteiger partial charge on any atom is 0.243 e. The molecule has 2 aromatic carbocycles. The maximum atomic E-state index is 13.8. The van der Waals surface area contributed by atoms with E-state index in [4.69, 9.17) is 0 Å². The molecule has 1 aliphatic heterocycles. The Bertz CT molecular complexity index is 920. The summed E-state index contributed by atoms with van der Waals surface area (Å²) in [6, 6.07) is 12.7. The van der Waals surface area contributed by atoms with E-state index in [9.17, 15) is 18.2 Å². The monoisotopic (exact) mass is 434 g/mol. The van der Waals surface area contributed by atoms with Gasteiger partial charge in [-0.1, -0.05) is 30.3 Å². The lowest BCUT2D eigenvalue weighted by molar-refractivity contribution is -0.129. The molecule has 1 heterocycles. The SMILES string of the molecule is C[C@H](NC(=O)[C@@H]1CS[C@H](Cc2ccccc2F)C(=O)N1)c1ccc([S@](C)=O)cc1. The Kier molecular flexibility index (Phi) is 7.08. The van der Waals surface area contributed by atoms with Gasteiger partial charge in [0, 0.05) is 27.7 Å². The van der Waals surface area contributed by atoms with E-state index in [1.807, 2.05) is 19.1 Å². The lowest BCUT2D eigenvalue weighted by Gasteiger charge is -2.29. The Morgan fingerprint density at radius 3 is 2.59 bits per heavy atom. The van der Waals surface area contributed by atoms with Gasteiger partial charge in [-0.05, 0) is 42.7 Å². The molecule has 3 rings (SSSR count). The fraction of sp³-hybridized carbons (Fsp3) is 0.333. The van der Waals surface area contributed by atoms with Crippen LogP contribution < -0.4 is 10.6 Å². The van der Waals surface area contributed by atoms with Crippen molar-refractivity contribution >= 4 is 34.4 Å². The van der Waals surface area contributed by atoms with Gasteiger partial charge in [-0.2, -0.15) is 0 Å². The van der Waals surface area contributed by atoms with E-state index < -0.39 is 22.1 Å². The smallest absolute Gasteiger partial charge is 0.243 e. The zero-order valence-corrected chi connectivity index (χ0v) is 17.8. The van der Waals surface area contributed by atoms with Gasteiger partial charge in [0.2, 0.25) is 11.8 Å². The highest BCUT2D eigenvalue weighted by Gasteiger charge is 2.33. The third-order valence-electron chi connectivity index (χ3n) is 4.82. The molecule has 2 amide bonds. The first-order valence-electron chi connectivity index (χ1n) is 9.24. The first kappa shape index (κ1) is 21.5. The molecule has 8 heteroatoms. The molecule has 0 aromatic heterocycles. The molecule has 1 fully saturated rings. The number of rotatable bonds is 6. The normalized spacial score (nSPS) is 21.1. The summed E-state index contributed by atoms with van der Waals surface area (Å²) in [5.41, 5.74) is 1.38. The molecule has 154 valence electrons. The minimum absolute atomic E-state index is 0.250. The summed E-state index contributed by atoms with van der Waals surface area (Å²) >= 11 is 1.37. The molecular weight excluding hydrogens is 411 g/mol. The van der Waals surface area contributed by atoms with Gasteiger partial charge < -0.3 is 10.6 Å². The number of carbonyl (C=O) groups is 2. The van der Waals surface area contributed by atoms with E-state index in [0.29, 0.717) is 17.7 Å². The predicted molar refractivity (Wildman–Crippen MR) is 114 cm³/mol. The van der Waals surface area contributed by atoms with Crippen LogP contribution in [0, 0.1) is 5.82 Å². The number of benzene rings is 2. The van der Waals surface area contributed by atoms with Crippen LogP contribution in [0.15, 0.2) is 53.4 Å². The average molecular weight is 435 g/mol. The molecular formula is C21H23FN2O3S2. The zero-order valence-electron chi connectivity index (χ0n) is 16.2. The van der Waals surface area contributed by atoms with Crippen LogP contribution in [0.1, 0.15) is 24.1 Å². The van der Waals surface area contributed by atoms with Gasteiger partial charge in [0.05, 0.1) is 11.3 Å². The molecule has 5 nitrogen and oxygen atoms in total. The maximum absolute atomic E-state index is 13.8. The topological polar surface area (TPSA) is 75.3 Å². The van der Waals surface area contributed by atoms with E-state index in [1.165, 1.54) is 17.8 Å². The van der Waals surface area contributed by atoms with Crippen LogP contribution in [0.2, 0.25) is 0 Å². The third-order valence-corrected chi connectivity index (χ3v) is 7.07. The van der Waals surface area contributed by atoms with Crippen LogP contribution in [0.3, 0.4) is 0 Å². The van der Waals surface area contributed by atoms with Crippen LogP contribution in [-0.2, 0) is 26.8 Å². The van der Waals surface area contributed by atoms with Crippen LogP contribution in [0.4, 0.5) is 4.39 Å². The highest BCUT2D eigenvalue weighted by molar-refractivity contribution is 8.00. The highest BCUT2D eigenvalue weighted by atomic mass is 32.2. The van der Waals surface area contributed by atoms with Crippen molar-refractivity contribution in [1.29, 1.82) is 0 Å². The molecule has 0 saturated carbocycles. The summed E-state index contributed by atoms with van der Waals surface area (Å²) in [6.07, 6.45) is 1.90. The van der Waals surface area contributed by atoms with E-state index in [0.717, 1.165) is 10.5 Å². The van der Waals surface area contributed by atoms with Gasteiger partial charge >= 0.3 is 0 Å². The molecule has 0 spiro atoms. The molecule has 0 unspecified atom stereocenters. The summed E-state index contributed by atoms with van der Waals surface area (Å²) in [7, 11) is -1.05. The van der Waals surface area contributed by atoms with Gasteiger partial charge in [0.25, 0.3) is 0 Å². The summed E-state index contributed by atoms with van der Waals surface area (Å²) in [5, 5.41) is 5.24. The van der Waals surface area contributed by atoms with Gasteiger partial charge in [-0.3, -0.25) is 13.8 Å². The molecule has 29 heavy (non-hydrogen) atoms. The van der Waals surface area contributed by atoms with E-state index in [1.54, 1.807) is 36.6 Å². The molecule has 0 aliphatic carbocycles. The average Bonchev–Trinajstić information content (AvgIpc) is 2.71. The van der Waals surface area contributed by atoms with E-state index in [2.05, 4.69) is 10.6 Å². The molecule has 2 N–H and O–H groups in total. The van der Waals surface area contributed by atoms with Crippen molar-refractivity contribution in [3.05, 3.63) is 65.5 Å². The molecule has 0 bridgehead atoms. The molecule has 0 radical (unpaired) electrons. The van der Waals surface area contributed by atoms with Crippen molar-refractivity contribution in [2.75, 3.05) is 12.0 Å². The largest absolute Gasteiger partial charge is 0.348 e.